The minimum absolute atomic E-state index is 0. The second kappa shape index (κ2) is 4.57. The van der Waals surface area contributed by atoms with Crippen molar-refractivity contribution in [3.8, 4) is 0 Å². The fourth-order valence-corrected chi connectivity index (χ4v) is 0.385. The third-order valence-electron chi connectivity index (χ3n) is 0.667. The first-order chi connectivity index (χ1) is 3.00. The molecule has 1 rings (SSSR count). The van der Waals surface area contributed by atoms with Crippen molar-refractivity contribution in [1.82, 2.24) is 0 Å². The van der Waals surface area contributed by atoms with E-state index >= 15 is 0 Å². The van der Waals surface area contributed by atoms with Gasteiger partial charge in [-0.25, -0.2) is 0 Å². The van der Waals surface area contributed by atoms with Gasteiger partial charge in [0, 0.05) is 35.6 Å². The van der Waals surface area contributed by atoms with Crippen molar-refractivity contribution in [2.45, 2.75) is 0 Å². The van der Waals surface area contributed by atoms with Crippen LogP contribution in [0.2, 0.25) is 0 Å². The first-order valence-electron chi connectivity index (χ1n) is 2.00. The number of hydrogen-bond acceptors (Lipinski definition) is 0. The van der Waals surface area contributed by atoms with Crippen molar-refractivity contribution >= 4 is 0 Å². The van der Waals surface area contributed by atoms with Gasteiger partial charge in [-0.3, -0.25) is 0 Å². The van der Waals surface area contributed by atoms with Crippen LogP contribution in [0.15, 0.2) is 36.4 Å². The Hall–Kier alpha value is 0.415. The second-order valence-electron chi connectivity index (χ2n) is 1.15. The third kappa shape index (κ3) is 3.04. The van der Waals surface area contributed by atoms with Gasteiger partial charge in [-0.15, -0.1) is 0 Å². The van der Waals surface area contributed by atoms with Gasteiger partial charge in [0.15, 0.2) is 0 Å². The van der Waals surface area contributed by atoms with Crippen molar-refractivity contribution in [3.63, 3.8) is 0 Å². The Morgan fingerprint density at radius 3 is 0.714 bits per heavy atom. The fraction of sp³-hybridized carbons (Fsp3) is 0. The largest absolute Gasteiger partial charge is 0.0623 e. The van der Waals surface area contributed by atoms with Crippen LogP contribution in [0.5, 0.6) is 0 Å². The molecule has 1 heteroatoms. The smallest absolute Gasteiger partial charge is 0 e. The van der Waals surface area contributed by atoms with Crippen LogP contribution in [0.25, 0.3) is 0 Å². The Balaban J connectivity index is 0.000000360. The topological polar surface area (TPSA) is 0 Å². The second-order valence-corrected chi connectivity index (χ2v) is 1.15. The summed E-state index contributed by atoms with van der Waals surface area (Å²) in [5, 5.41) is 0. The van der Waals surface area contributed by atoms with Crippen LogP contribution in [-0.2, 0) is 0 Å². The maximum Gasteiger partial charge on any atom is 0 e. The third-order valence-corrected chi connectivity index (χ3v) is 0.667. The van der Waals surface area contributed by atoms with E-state index in [0.717, 1.165) is 0 Å². The van der Waals surface area contributed by atoms with Crippen molar-refractivity contribution in [1.29, 1.82) is 0 Å². The molecule has 0 N–H and O–H groups in total. The molecule has 0 amide bonds. The van der Waals surface area contributed by atoms with E-state index in [1.54, 1.807) is 0 Å². The van der Waals surface area contributed by atoms with Gasteiger partial charge in [0.05, 0.1) is 0 Å². The Bertz CT molecular complexity index is 76.1. The van der Waals surface area contributed by atoms with E-state index in [4.69, 9.17) is 0 Å². The van der Waals surface area contributed by atoms with Crippen LogP contribution >= 0.6 is 0 Å². The summed E-state index contributed by atoms with van der Waals surface area (Å²) in [5.74, 6) is 0. The first kappa shape index (κ1) is 7.41. The molecule has 1 aromatic carbocycles. The molecule has 0 saturated carbocycles. The molecular formula is C6H6La. The van der Waals surface area contributed by atoms with Crippen LogP contribution in [0.3, 0.4) is 0 Å². The standard InChI is InChI=1S/C6H6.La/c1-2-4-6-5-3-1;/h1-6H;. The Kier molecular flexibility index (Phi) is 4.84. The quantitative estimate of drug-likeness (QED) is 0.620. The van der Waals surface area contributed by atoms with Crippen LogP contribution < -0.4 is 0 Å². The average molecular weight is 217 g/mol. The molecule has 0 spiro atoms. The molecule has 1 aromatic rings. The number of benzene rings is 1. The zero-order valence-electron chi connectivity index (χ0n) is 4.04. The summed E-state index contributed by atoms with van der Waals surface area (Å²) in [6.07, 6.45) is 0. The molecule has 7 heavy (non-hydrogen) atoms. The summed E-state index contributed by atoms with van der Waals surface area (Å²) in [6.45, 7) is 0. The molecule has 0 unspecified atom stereocenters. The van der Waals surface area contributed by atoms with Gasteiger partial charge in [0.2, 0.25) is 0 Å². The van der Waals surface area contributed by atoms with E-state index in [9.17, 15) is 0 Å². The van der Waals surface area contributed by atoms with Crippen LogP contribution in [0.1, 0.15) is 0 Å². The summed E-state index contributed by atoms with van der Waals surface area (Å²) in [7, 11) is 0. The molecule has 0 aromatic heterocycles. The fourth-order valence-electron chi connectivity index (χ4n) is 0.385. The molecule has 33 valence electrons. The van der Waals surface area contributed by atoms with Gasteiger partial charge in [0.25, 0.3) is 0 Å². The normalized spacial score (nSPS) is 6.86. The Morgan fingerprint density at radius 2 is 0.571 bits per heavy atom. The van der Waals surface area contributed by atoms with Gasteiger partial charge < -0.3 is 0 Å². The molecule has 0 saturated heterocycles. The van der Waals surface area contributed by atoms with Crippen molar-refractivity contribution in [3.05, 3.63) is 36.4 Å². The van der Waals surface area contributed by atoms with Gasteiger partial charge >= 0.3 is 0 Å². The van der Waals surface area contributed by atoms with Crippen molar-refractivity contribution in [2.24, 2.45) is 0 Å². The average Bonchev–Trinajstić information content (AvgIpc) is 1.72. The van der Waals surface area contributed by atoms with E-state index in [-0.39, 0.29) is 35.6 Å². The summed E-state index contributed by atoms with van der Waals surface area (Å²) >= 11 is 0. The molecule has 0 aliphatic heterocycles. The predicted octanol–water partition coefficient (Wildman–Crippen LogP) is 1.69. The van der Waals surface area contributed by atoms with Gasteiger partial charge in [-0.1, -0.05) is 36.4 Å². The monoisotopic (exact) mass is 217 g/mol. The van der Waals surface area contributed by atoms with E-state index in [1.165, 1.54) is 0 Å². The zero-order chi connectivity index (χ0) is 4.24. The molecule has 0 aliphatic carbocycles. The minimum atomic E-state index is 0. The van der Waals surface area contributed by atoms with E-state index < -0.39 is 0 Å². The van der Waals surface area contributed by atoms with Crippen molar-refractivity contribution < 1.29 is 35.6 Å². The minimum Gasteiger partial charge on any atom is -0.0623 e. The predicted molar refractivity (Wildman–Crippen MR) is 26.4 cm³/mol. The molecule has 0 heterocycles. The first-order valence-corrected chi connectivity index (χ1v) is 2.00. The van der Waals surface area contributed by atoms with E-state index in [0.29, 0.717) is 0 Å². The maximum atomic E-state index is 2.00. The zero-order valence-corrected chi connectivity index (χ0v) is 7.67. The molecular weight excluding hydrogens is 211 g/mol. The SMILES string of the molecule is [La].c1ccccc1. The van der Waals surface area contributed by atoms with Gasteiger partial charge in [-0.05, 0) is 0 Å². The van der Waals surface area contributed by atoms with Crippen LogP contribution in [-0.4, -0.2) is 0 Å². The van der Waals surface area contributed by atoms with Crippen LogP contribution in [0, 0.1) is 35.6 Å². The van der Waals surface area contributed by atoms with E-state index in [2.05, 4.69) is 0 Å². The molecule has 0 bridgehead atoms. The van der Waals surface area contributed by atoms with E-state index in [1.807, 2.05) is 36.4 Å². The molecule has 0 atom stereocenters. The Morgan fingerprint density at radius 1 is 0.429 bits per heavy atom. The van der Waals surface area contributed by atoms with Crippen LogP contribution in [0.4, 0.5) is 0 Å². The number of hydrogen-bond donors (Lipinski definition) is 0. The Labute approximate surface area is 71.5 Å². The summed E-state index contributed by atoms with van der Waals surface area (Å²) in [6, 6.07) is 12.0. The molecule has 1 radical (unpaired) electrons. The van der Waals surface area contributed by atoms with Crippen molar-refractivity contribution in [2.75, 3.05) is 0 Å². The van der Waals surface area contributed by atoms with Gasteiger partial charge in [-0.2, -0.15) is 0 Å². The maximum absolute atomic E-state index is 2.00. The molecule has 0 nitrogen and oxygen atoms in total. The summed E-state index contributed by atoms with van der Waals surface area (Å²) in [4.78, 5) is 0. The molecule has 0 fully saturated rings. The number of rotatable bonds is 0. The van der Waals surface area contributed by atoms with Gasteiger partial charge in [0.1, 0.15) is 0 Å². The molecule has 0 aliphatic rings. The summed E-state index contributed by atoms with van der Waals surface area (Å²) < 4.78 is 0. The summed E-state index contributed by atoms with van der Waals surface area (Å²) in [5.41, 5.74) is 0.